The molecular weight excluding hydrogens is 359 g/mol. The van der Waals surface area contributed by atoms with E-state index in [0.29, 0.717) is 23.2 Å². The lowest BCUT2D eigenvalue weighted by molar-refractivity contribution is 0.563. The third kappa shape index (κ3) is 3.28. The van der Waals surface area contributed by atoms with Gasteiger partial charge < -0.3 is 9.73 Å². The van der Waals surface area contributed by atoms with Crippen LogP contribution in [-0.2, 0) is 10.0 Å². The van der Waals surface area contributed by atoms with Crippen molar-refractivity contribution in [3.8, 4) is 0 Å². The quantitative estimate of drug-likeness (QED) is 0.666. The van der Waals surface area contributed by atoms with Gasteiger partial charge in [0.2, 0.25) is 0 Å². The van der Waals surface area contributed by atoms with Gasteiger partial charge in [0, 0.05) is 11.9 Å². The van der Waals surface area contributed by atoms with Crippen LogP contribution in [0.1, 0.15) is 12.5 Å². The van der Waals surface area contributed by atoms with Crippen LogP contribution in [0, 0.1) is 12.7 Å². The number of aryl methyl sites for hydroxylation is 1. The molecule has 0 unspecified atom stereocenters. The zero-order chi connectivity index (χ0) is 18.9. The molecule has 0 aliphatic carbocycles. The first kappa shape index (κ1) is 17.9. The molecule has 0 amide bonds. The number of halogens is 1. The molecule has 1 aromatic heterocycles. The molecule has 3 rings (SSSR count). The highest BCUT2D eigenvalue weighted by Gasteiger charge is 2.22. The van der Waals surface area contributed by atoms with E-state index in [1.807, 2.05) is 6.92 Å². The van der Waals surface area contributed by atoms with Gasteiger partial charge in [0.05, 0.1) is 10.6 Å². The van der Waals surface area contributed by atoms with E-state index in [1.54, 1.807) is 24.3 Å². The van der Waals surface area contributed by atoms with Crippen molar-refractivity contribution >= 4 is 32.4 Å². The van der Waals surface area contributed by atoms with Gasteiger partial charge in [-0.25, -0.2) is 17.6 Å². The van der Waals surface area contributed by atoms with Gasteiger partial charge in [0.1, 0.15) is 11.4 Å². The summed E-state index contributed by atoms with van der Waals surface area (Å²) in [6.45, 7) is 3.76. The molecule has 136 valence electrons. The van der Waals surface area contributed by atoms with Crippen molar-refractivity contribution in [2.24, 2.45) is 0 Å². The molecule has 3 aromatic rings. The molecule has 2 aromatic carbocycles. The highest BCUT2D eigenvalue weighted by molar-refractivity contribution is 7.92. The summed E-state index contributed by atoms with van der Waals surface area (Å²) in [5.41, 5.74) is -0.171. The highest BCUT2D eigenvalue weighted by Crippen LogP contribution is 2.30. The lowest BCUT2D eigenvalue weighted by Crippen LogP contribution is -2.21. The number of fused-ring (bicyclic) bond motifs is 1. The van der Waals surface area contributed by atoms with E-state index >= 15 is 0 Å². The van der Waals surface area contributed by atoms with E-state index in [2.05, 4.69) is 10.0 Å². The SMILES string of the molecule is CCNc1c(NS(=O)(=O)c2ccc(F)c(C)c2)c(=O)oc2ccccc12. The van der Waals surface area contributed by atoms with E-state index in [1.165, 1.54) is 13.0 Å². The summed E-state index contributed by atoms with van der Waals surface area (Å²) in [5.74, 6) is -0.512. The largest absolute Gasteiger partial charge is 0.421 e. The first-order valence-electron chi connectivity index (χ1n) is 7.92. The number of rotatable bonds is 5. The second kappa shape index (κ2) is 6.80. The summed E-state index contributed by atoms with van der Waals surface area (Å²) in [6.07, 6.45) is 0. The Bertz CT molecular complexity index is 1140. The Labute approximate surface area is 149 Å². The van der Waals surface area contributed by atoms with Crippen molar-refractivity contribution in [2.45, 2.75) is 18.7 Å². The fraction of sp³-hybridized carbons (Fsp3) is 0.167. The topological polar surface area (TPSA) is 88.4 Å². The molecule has 1 heterocycles. The van der Waals surface area contributed by atoms with Crippen LogP contribution in [0.4, 0.5) is 15.8 Å². The molecule has 0 saturated carbocycles. The molecule has 0 bridgehead atoms. The molecule has 0 aliphatic heterocycles. The van der Waals surface area contributed by atoms with Gasteiger partial charge in [-0.3, -0.25) is 4.72 Å². The van der Waals surface area contributed by atoms with Gasteiger partial charge in [0.25, 0.3) is 10.0 Å². The first-order chi connectivity index (χ1) is 12.3. The third-order valence-electron chi connectivity index (χ3n) is 3.84. The van der Waals surface area contributed by atoms with Gasteiger partial charge >= 0.3 is 5.63 Å². The van der Waals surface area contributed by atoms with Crippen molar-refractivity contribution in [3.63, 3.8) is 0 Å². The summed E-state index contributed by atoms with van der Waals surface area (Å²) in [4.78, 5) is 12.2. The summed E-state index contributed by atoms with van der Waals surface area (Å²) in [7, 11) is -4.10. The predicted molar refractivity (Wildman–Crippen MR) is 98.6 cm³/mol. The Hall–Kier alpha value is -2.87. The van der Waals surface area contributed by atoms with Crippen LogP contribution in [0.2, 0.25) is 0 Å². The second-order valence-electron chi connectivity index (χ2n) is 5.68. The molecule has 0 aliphatic rings. The lowest BCUT2D eigenvalue weighted by atomic mass is 10.2. The average Bonchev–Trinajstić information content (AvgIpc) is 2.60. The van der Waals surface area contributed by atoms with E-state index < -0.39 is 21.5 Å². The van der Waals surface area contributed by atoms with Crippen molar-refractivity contribution in [1.29, 1.82) is 0 Å². The van der Waals surface area contributed by atoms with Crippen LogP contribution in [0.3, 0.4) is 0 Å². The van der Waals surface area contributed by atoms with E-state index in [-0.39, 0.29) is 16.1 Å². The van der Waals surface area contributed by atoms with Gasteiger partial charge in [-0.15, -0.1) is 0 Å². The van der Waals surface area contributed by atoms with Crippen LogP contribution in [-0.4, -0.2) is 15.0 Å². The molecule has 26 heavy (non-hydrogen) atoms. The van der Waals surface area contributed by atoms with Crippen LogP contribution >= 0.6 is 0 Å². The van der Waals surface area contributed by atoms with Crippen LogP contribution < -0.4 is 15.7 Å². The minimum absolute atomic E-state index is 0.147. The minimum atomic E-state index is -4.10. The molecule has 8 heteroatoms. The third-order valence-corrected chi connectivity index (χ3v) is 5.19. The summed E-state index contributed by atoms with van der Waals surface area (Å²) in [5, 5.41) is 3.58. The second-order valence-corrected chi connectivity index (χ2v) is 7.36. The number of benzene rings is 2. The van der Waals surface area contributed by atoms with Gasteiger partial charge in [0.15, 0.2) is 5.69 Å². The number of para-hydroxylation sites is 1. The van der Waals surface area contributed by atoms with Gasteiger partial charge in [-0.05, 0) is 49.7 Å². The van der Waals surface area contributed by atoms with Crippen LogP contribution in [0.25, 0.3) is 11.0 Å². The van der Waals surface area contributed by atoms with E-state index in [0.717, 1.165) is 12.1 Å². The standard InChI is InChI=1S/C18H17FN2O4S/c1-3-20-16-13-6-4-5-7-15(13)25-18(22)17(16)21-26(23,24)12-8-9-14(19)11(2)10-12/h4-10,20-21H,3H2,1-2H3. The summed E-state index contributed by atoms with van der Waals surface area (Å²) >= 11 is 0. The number of hydrogen-bond donors (Lipinski definition) is 2. The summed E-state index contributed by atoms with van der Waals surface area (Å²) in [6, 6.07) is 10.2. The Morgan fingerprint density at radius 2 is 1.85 bits per heavy atom. The number of nitrogens with one attached hydrogen (secondary N) is 2. The average molecular weight is 376 g/mol. The van der Waals surface area contributed by atoms with Gasteiger partial charge in [-0.2, -0.15) is 0 Å². The molecule has 0 spiro atoms. The summed E-state index contributed by atoms with van der Waals surface area (Å²) < 4.78 is 46.3. The monoisotopic (exact) mass is 376 g/mol. The molecule has 0 fully saturated rings. The lowest BCUT2D eigenvalue weighted by Gasteiger charge is -2.14. The molecular formula is C18H17FN2O4S. The first-order valence-corrected chi connectivity index (χ1v) is 9.40. The van der Waals surface area contributed by atoms with Crippen molar-refractivity contribution < 1.29 is 17.2 Å². The van der Waals surface area contributed by atoms with E-state index in [9.17, 15) is 17.6 Å². The Kier molecular flexibility index (Phi) is 4.69. The Balaban J connectivity index is 2.15. The molecule has 0 radical (unpaired) electrons. The predicted octanol–water partition coefficient (Wildman–Crippen LogP) is 3.47. The maximum absolute atomic E-state index is 13.4. The maximum atomic E-state index is 13.4. The van der Waals surface area contributed by atoms with Crippen molar-refractivity contribution in [2.75, 3.05) is 16.6 Å². The van der Waals surface area contributed by atoms with Crippen LogP contribution in [0.15, 0.2) is 56.6 Å². The number of hydrogen-bond acceptors (Lipinski definition) is 5. The minimum Gasteiger partial charge on any atom is -0.421 e. The number of sulfonamides is 1. The zero-order valence-corrected chi connectivity index (χ0v) is 15.0. The van der Waals surface area contributed by atoms with E-state index in [4.69, 9.17) is 4.42 Å². The maximum Gasteiger partial charge on any atom is 0.363 e. The van der Waals surface area contributed by atoms with Crippen molar-refractivity contribution in [3.05, 3.63) is 64.3 Å². The Morgan fingerprint density at radius 1 is 1.12 bits per heavy atom. The molecule has 0 atom stereocenters. The van der Waals surface area contributed by atoms with Gasteiger partial charge in [-0.1, -0.05) is 12.1 Å². The highest BCUT2D eigenvalue weighted by atomic mass is 32.2. The zero-order valence-electron chi connectivity index (χ0n) is 14.2. The fourth-order valence-electron chi connectivity index (χ4n) is 2.58. The van der Waals surface area contributed by atoms with Crippen LogP contribution in [0.5, 0.6) is 0 Å². The molecule has 2 N–H and O–H groups in total. The fourth-order valence-corrected chi connectivity index (χ4v) is 3.73. The molecule has 6 nitrogen and oxygen atoms in total. The van der Waals surface area contributed by atoms with Crippen molar-refractivity contribution in [1.82, 2.24) is 0 Å². The normalized spacial score (nSPS) is 11.5. The smallest absolute Gasteiger partial charge is 0.363 e. The Morgan fingerprint density at radius 3 is 2.54 bits per heavy atom. The molecule has 0 saturated heterocycles. The number of anilines is 2.